The third-order valence-corrected chi connectivity index (χ3v) is 3.35. The molecule has 4 heteroatoms. The molecule has 0 saturated carbocycles. The molecule has 1 rings (SSSR count). The van der Waals surface area contributed by atoms with Crippen molar-refractivity contribution in [1.82, 2.24) is 5.32 Å². The minimum atomic E-state index is 0.759. The van der Waals surface area contributed by atoms with E-state index in [1.54, 1.807) is 21.3 Å². The van der Waals surface area contributed by atoms with Gasteiger partial charge in [-0.3, -0.25) is 0 Å². The van der Waals surface area contributed by atoms with Crippen molar-refractivity contribution in [2.45, 2.75) is 32.6 Å². The van der Waals surface area contributed by atoms with Gasteiger partial charge in [-0.25, -0.2) is 0 Å². The molecule has 0 unspecified atom stereocenters. The first-order valence-corrected chi connectivity index (χ1v) is 7.26. The Hall–Kier alpha value is -1.42. The molecule has 0 bridgehead atoms. The smallest absolute Gasteiger partial charge is 0.129 e. The summed E-state index contributed by atoms with van der Waals surface area (Å²) in [5.74, 6) is 2.44. The summed E-state index contributed by atoms with van der Waals surface area (Å²) in [5.41, 5.74) is 1.12. The van der Waals surface area contributed by atoms with Gasteiger partial charge in [-0.15, -0.1) is 0 Å². The average molecular weight is 281 g/mol. The summed E-state index contributed by atoms with van der Waals surface area (Å²) >= 11 is 0. The third kappa shape index (κ3) is 4.93. The molecule has 0 fully saturated rings. The van der Waals surface area contributed by atoms with Crippen molar-refractivity contribution in [3.8, 4) is 17.2 Å². The Morgan fingerprint density at radius 1 is 0.900 bits per heavy atom. The highest BCUT2D eigenvalue weighted by Gasteiger charge is 2.12. The highest BCUT2D eigenvalue weighted by Crippen LogP contribution is 2.35. The Bertz CT molecular complexity index is 368. The van der Waals surface area contributed by atoms with E-state index in [-0.39, 0.29) is 0 Å². The predicted octanol–water partition coefficient (Wildman–Crippen LogP) is 3.03. The minimum absolute atomic E-state index is 0.759. The van der Waals surface area contributed by atoms with Crippen molar-refractivity contribution < 1.29 is 14.2 Å². The molecule has 0 saturated heterocycles. The van der Waals surface area contributed by atoms with Crippen LogP contribution < -0.4 is 19.5 Å². The van der Waals surface area contributed by atoms with E-state index in [1.807, 2.05) is 12.1 Å². The number of methoxy groups -OCH3 is 3. The first-order valence-electron chi connectivity index (χ1n) is 7.26. The second-order valence-corrected chi connectivity index (χ2v) is 4.67. The maximum atomic E-state index is 5.45. The fraction of sp³-hybridized carbons (Fsp3) is 0.625. The number of unbranched alkanes of at least 4 members (excludes halogenated alkanes) is 2. The van der Waals surface area contributed by atoms with E-state index < -0.39 is 0 Å². The minimum Gasteiger partial charge on any atom is -0.496 e. The quantitative estimate of drug-likeness (QED) is 0.669. The second kappa shape index (κ2) is 9.48. The monoisotopic (exact) mass is 281 g/mol. The summed E-state index contributed by atoms with van der Waals surface area (Å²) in [4.78, 5) is 0. The molecule has 0 aliphatic rings. The van der Waals surface area contributed by atoms with Crippen LogP contribution in [0.25, 0.3) is 0 Å². The molecule has 0 aliphatic carbocycles. The number of hydrogen-bond donors (Lipinski definition) is 1. The van der Waals surface area contributed by atoms with E-state index in [2.05, 4.69) is 12.2 Å². The first kappa shape index (κ1) is 16.6. The van der Waals surface area contributed by atoms with Gasteiger partial charge in [0, 0.05) is 17.7 Å². The Morgan fingerprint density at radius 2 is 1.55 bits per heavy atom. The van der Waals surface area contributed by atoms with E-state index in [0.29, 0.717) is 0 Å². The fourth-order valence-corrected chi connectivity index (χ4v) is 2.23. The van der Waals surface area contributed by atoms with Gasteiger partial charge >= 0.3 is 0 Å². The maximum Gasteiger partial charge on any atom is 0.129 e. The van der Waals surface area contributed by atoms with Gasteiger partial charge in [0.15, 0.2) is 0 Å². The van der Waals surface area contributed by atoms with E-state index in [1.165, 1.54) is 12.8 Å². The molecular formula is C16H27NO3. The lowest BCUT2D eigenvalue weighted by Gasteiger charge is -2.15. The van der Waals surface area contributed by atoms with Gasteiger partial charge in [0.25, 0.3) is 0 Å². The van der Waals surface area contributed by atoms with Gasteiger partial charge in [-0.05, 0) is 32.4 Å². The SMILES string of the molecule is CCNCCCCCc1c(OC)cc(OC)cc1OC. The number of hydrogen-bond acceptors (Lipinski definition) is 4. The fourth-order valence-electron chi connectivity index (χ4n) is 2.23. The Balaban J connectivity index is 2.63. The van der Waals surface area contributed by atoms with E-state index in [0.717, 1.165) is 48.7 Å². The zero-order valence-corrected chi connectivity index (χ0v) is 13.1. The summed E-state index contributed by atoms with van der Waals surface area (Å²) in [6.45, 7) is 4.26. The molecule has 1 aromatic carbocycles. The lowest BCUT2D eigenvalue weighted by Crippen LogP contribution is -2.13. The second-order valence-electron chi connectivity index (χ2n) is 4.67. The lowest BCUT2D eigenvalue weighted by atomic mass is 10.0. The van der Waals surface area contributed by atoms with Crippen molar-refractivity contribution in [3.05, 3.63) is 17.7 Å². The molecule has 0 aromatic heterocycles. The Kier molecular flexibility index (Phi) is 7.88. The van der Waals surface area contributed by atoms with Crippen molar-refractivity contribution in [2.75, 3.05) is 34.4 Å². The Labute approximate surface area is 122 Å². The van der Waals surface area contributed by atoms with E-state index in [4.69, 9.17) is 14.2 Å². The molecule has 0 atom stereocenters. The molecule has 4 nitrogen and oxygen atoms in total. The van der Waals surface area contributed by atoms with Gasteiger partial charge < -0.3 is 19.5 Å². The van der Waals surface area contributed by atoms with Gasteiger partial charge in [-0.2, -0.15) is 0 Å². The average Bonchev–Trinajstić information content (AvgIpc) is 2.50. The van der Waals surface area contributed by atoms with Crippen LogP contribution in [0.1, 0.15) is 31.7 Å². The van der Waals surface area contributed by atoms with Crippen molar-refractivity contribution in [1.29, 1.82) is 0 Å². The standard InChI is InChI=1S/C16H27NO3/c1-5-17-10-8-6-7-9-14-15(19-3)11-13(18-2)12-16(14)20-4/h11-12,17H,5-10H2,1-4H3. The zero-order valence-electron chi connectivity index (χ0n) is 13.1. The highest BCUT2D eigenvalue weighted by atomic mass is 16.5. The number of nitrogens with one attached hydrogen (secondary N) is 1. The van der Waals surface area contributed by atoms with Crippen LogP contribution in [0.4, 0.5) is 0 Å². The molecule has 0 aliphatic heterocycles. The molecule has 0 heterocycles. The summed E-state index contributed by atoms with van der Waals surface area (Å²) in [7, 11) is 5.01. The van der Waals surface area contributed by atoms with Crippen molar-refractivity contribution in [3.63, 3.8) is 0 Å². The largest absolute Gasteiger partial charge is 0.496 e. The van der Waals surface area contributed by atoms with Gasteiger partial charge in [0.1, 0.15) is 17.2 Å². The summed E-state index contributed by atoms with van der Waals surface area (Å²) in [6.07, 6.45) is 4.49. The van der Waals surface area contributed by atoms with Crippen LogP contribution in [0, 0.1) is 0 Å². The third-order valence-electron chi connectivity index (χ3n) is 3.35. The molecule has 0 amide bonds. The van der Waals surface area contributed by atoms with Crippen LogP contribution in [0.5, 0.6) is 17.2 Å². The number of ether oxygens (including phenoxy) is 3. The van der Waals surface area contributed by atoms with Gasteiger partial charge in [0.2, 0.25) is 0 Å². The summed E-state index contributed by atoms with van der Waals surface area (Å²) < 4.78 is 16.2. The normalized spacial score (nSPS) is 10.4. The lowest BCUT2D eigenvalue weighted by molar-refractivity contribution is 0.367. The Morgan fingerprint density at radius 3 is 2.05 bits per heavy atom. The molecule has 114 valence electrons. The van der Waals surface area contributed by atoms with Crippen LogP contribution in [-0.2, 0) is 6.42 Å². The van der Waals surface area contributed by atoms with E-state index >= 15 is 0 Å². The highest BCUT2D eigenvalue weighted by molar-refractivity contribution is 5.50. The van der Waals surface area contributed by atoms with Crippen LogP contribution in [0.15, 0.2) is 12.1 Å². The van der Waals surface area contributed by atoms with Crippen molar-refractivity contribution in [2.24, 2.45) is 0 Å². The summed E-state index contributed by atoms with van der Waals surface area (Å²) in [5, 5.41) is 3.34. The van der Waals surface area contributed by atoms with Gasteiger partial charge in [0.05, 0.1) is 21.3 Å². The zero-order chi connectivity index (χ0) is 14.8. The molecule has 20 heavy (non-hydrogen) atoms. The van der Waals surface area contributed by atoms with E-state index in [9.17, 15) is 0 Å². The van der Waals surface area contributed by atoms with Crippen LogP contribution in [0.2, 0.25) is 0 Å². The summed E-state index contributed by atoms with van der Waals surface area (Å²) in [6, 6.07) is 3.83. The van der Waals surface area contributed by atoms with Crippen LogP contribution >= 0.6 is 0 Å². The van der Waals surface area contributed by atoms with Gasteiger partial charge in [-0.1, -0.05) is 13.3 Å². The number of rotatable bonds is 10. The molecule has 0 spiro atoms. The topological polar surface area (TPSA) is 39.7 Å². The predicted molar refractivity (Wildman–Crippen MR) is 82.2 cm³/mol. The number of benzene rings is 1. The molecular weight excluding hydrogens is 254 g/mol. The molecule has 1 N–H and O–H groups in total. The van der Waals surface area contributed by atoms with Crippen molar-refractivity contribution >= 4 is 0 Å². The molecule has 1 aromatic rings. The first-order chi connectivity index (χ1) is 9.76. The van der Waals surface area contributed by atoms with Crippen LogP contribution in [0.3, 0.4) is 0 Å². The molecule has 0 radical (unpaired) electrons. The maximum absolute atomic E-state index is 5.45. The van der Waals surface area contributed by atoms with Crippen LogP contribution in [-0.4, -0.2) is 34.4 Å².